The number of imidazole rings is 1. The van der Waals surface area contributed by atoms with Gasteiger partial charge in [-0.15, -0.1) is 0 Å². The van der Waals surface area contributed by atoms with Crippen LogP contribution in [0, 0.1) is 0 Å². The van der Waals surface area contributed by atoms with Crippen LogP contribution >= 0.6 is 0 Å². The molecule has 6 heteroatoms. The van der Waals surface area contributed by atoms with Gasteiger partial charge in [0.2, 0.25) is 0 Å². The zero-order valence-corrected chi connectivity index (χ0v) is 16.3. The van der Waals surface area contributed by atoms with E-state index in [2.05, 4.69) is 10.3 Å². The van der Waals surface area contributed by atoms with Crippen LogP contribution in [0.5, 0.6) is 11.5 Å². The van der Waals surface area contributed by atoms with Gasteiger partial charge in [0, 0.05) is 24.4 Å². The van der Waals surface area contributed by atoms with Crippen molar-refractivity contribution in [2.24, 2.45) is 0 Å². The van der Waals surface area contributed by atoms with E-state index in [0.717, 1.165) is 29.1 Å². The lowest BCUT2D eigenvalue weighted by molar-refractivity contribution is 0.0920. The lowest BCUT2D eigenvalue weighted by Crippen LogP contribution is -2.32. The number of nitrogens with zero attached hydrogens (tertiary/aromatic N) is 2. The molecule has 0 spiro atoms. The summed E-state index contributed by atoms with van der Waals surface area (Å²) in [6.07, 6.45) is 4.60. The molecule has 5 rings (SSSR count). The maximum atomic E-state index is 13.0. The van der Waals surface area contributed by atoms with Crippen LogP contribution in [0.15, 0.2) is 79.1 Å². The van der Waals surface area contributed by atoms with Crippen LogP contribution < -0.4 is 14.8 Å². The fourth-order valence-electron chi connectivity index (χ4n) is 3.72. The Balaban J connectivity index is 1.32. The molecule has 30 heavy (non-hydrogen) atoms. The van der Waals surface area contributed by atoms with E-state index in [-0.39, 0.29) is 18.6 Å². The van der Waals surface area contributed by atoms with E-state index >= 15 is 0 Å². The third kappa shape index (κ3) is 3.59. The van der Waals surface area contributed by atoms with Gasteiger partial charge in [0.05, 0.1) is 23.9 Å². The predicted octanol–water partition coefficient (Wildman–Crippen LogP) is 4.17. The van der Waals surface area contributed by atoms with Gasteiger partial charge in [-0.05, 0) is 30.3 Å². The first-order valence-electron chi connectivity index (χ1n) is 9.95. The second-order valence-corrected chi connectivity index (χ2v) is 7.18. The van der Waals surface area contributed by atoms with Crippen molar-refractivity contribution in [3.63, 3.8) is 0 Å². The Bertz CT molecular complexity index is 1170. The van der Waals surface area contributed by atoms with Gasteiger partial charge in [0.25, 0.3) is 5.91 Å². The molecule has 0 saturated carbocycles. The maximum absolute atomic E-state index is 13.0. The normalized spacial score (nSPS) is 15.3. The van der Waals surface area contributed by atoms with Crippen LogP contribution in [0.25, 0.3) is 5.65 Å². The molecule has 1 unspecified atom stereocenters. The number of fused-ring (bicyclic) bond motifs is 2. The quantitative estimate of drug-likeness (QED) is 0.547. The van der Waals surface area contributed by atoms with Crippen molar-refractivity contribution >= 4 is 11.6 Å². The Morgan fingerprint density at radius 3 is 2.87 bits per heavy atom. The van der Waals surface area contributed by atoms with Gasteiger partial charge in [0.1, 0.15) is 23.8 Å². The van der Waals surface area contributed by atoms with E-state index in [9.17, 15) is 4.79 Å². The van der Waals surface area contributed by atoms with E-state index in [4.69, 9.17) is 9.47 Å². The van der Waals surface area contributed by atoms with E-state index in [1.165, 1.54) is 0 Å². The molecule has 0 aliphatic carbocycles. The van der Waals surface area contributed by atoms with Crippen molar-refractivity contribution in [2.45, 2.75) is 19.1 Å². The molecular formula is C24H21N3O3. The Morgan fingerprint density at radius 1 is 1.10 bits per heavy atom. The zero-order valence-electron chi connectivity index (χ0n) is 16.3. The van der Waals surface area contributed by atoms with Crippen LogP contribution in [0.4, 0.5) is 0 Å². The van der Waals surface area contributed by atoms with Crippen LogP contribution in [-0.2, 0) is 6.61 Å². The van der Waals surface area contributed by atoms with Crippen LogP contribution in [-0.4, -0.2) is 21.9 Å². The SMILES string of the molecule is O=C(NC1CCOc2ccccc21)c1ccccc1OCc1cn2ccccc2n1. The molecule has 0 radical (unpaired) electrons. The largest absolute Gasteiger partial charge is 0.493 e. The predicted molar refractivity (Wildman–Crippen MR) is 113 cm³/mol. The topological polar surface area (TPSA) is 64.9 Å². The van der Waals surface area contributed by atoms with Crippen LogP contribution in [0.1, 0.15) is 34.1 Å². The number of hydrogen-bond donors (Lipinski definition) is 1. The highest BCUT2D eigenvalue weighted by Crippen LogP contribution is 2.32. The minimum Gasteiger partial charge on any atom is -0.493 e. The van der Waals surface area contributed by atoms with Crippen LogP contribution in [0.2, 0.25) is 0 Å². The van der Waals surface area contributed by atoms with E-state index in [1.807, 2.05) is 77.5 Å². The third-order valence-corrected chi connectivity index (χ3v) is 5.18. The van der Waals surface area contributed by atoms with Crippen molar-refractivity contribution in [2.75, 3.05) is 6.61 Å². The highest BCUT2D eigenvalue weighted by Gasteiger charge is 2.24. The van der Waals surface area contributed by atoms with Crippen molar-refractivity contribution in [3.05, 3.63) is 95.9 Å². The molecule has 3 heterocycles. The van der Waals surface area contributed by atoms with Crippen molar-refractivity contribution in [1.29, 1.82) is 0 Å². The van der Waals surface area contributed by atoms with E-state index in [1.54, 1.807) is 6.07 Å². The summed E-state index contributed by atoms with van der Waals surface area (Å²) in [5.41, 5.74) is 3.17. The number of aromatic nitrogens is 2. The summed E-state index contributed by atoms with van der Waals surface area (Å²) in [7, 11) is 0. The first kappa shape index (κ1) is 18.2. The summed E-state index contributed by atoms with van der Waals surface area (Å²) < 4.78 is 13.6. The first-order valence-corrected chi connectivity index (χ1v) is 9.95. The molecule has 1 N–H and O–H groups in total. The number of benzene rings is 2. The van der Waals surface area contributed by atoms with Crippen LogP contribution in [0.3, 0.4) is 0 Å². The van der Waals surface area contributed by atoms with Gasteiger partial charge in [-0.1, -0.05) is 36.4 Å². The molecule has 1 aliphatic rings. The molecule has 4 aromatic rings. The molecule has 2 aromatic heterocycles. The fourth-order valence-corrected chi connectivity index (χ4v) is 3.72. The average molecular weight is 399 g/mol. The number of carbonyl (C=O) groups is 1. The summed E-state index contributed by atoms with van der Waals surface area (Å²) in [4.78, 5) is 17.6. The monoisotopic (exact) mass is 399 g/mol. The second kappa shape index (κ2) is 7.91. The number of carbonyl (C=O) groups excluding carboxylic acids is 1. The number of pyridine rings is 1. The number of amides is 1. The molecular weight excluding hydrogens is 378 g/mol. The minimum atomic E-state index is -0.165. The van der Waals surface area contributed by atoms with Gasteiger partial charge in [0.15, 0.2) is 0 Å². The van der Waals surface area contributed by atoms with Gasteiger partial charge >= 0.3 is 0 Å². The van der Waals surface area contributed by atoms with Gasteiger partial charge in [-0.2, -0.15) is 0 Å². The van der Waals surface area contributed by atoms with Gasteiger partial charge < -0.3 is 19.2 Å². The number of ether oxygens (including phenoxy) is 2. The highest BCUT2D eigenvalue weighted by molar-refractivity contribution is 5.97. The fraction of sp³-hybridized carbons (Fsp3) is 0.167. The molecule has 0 fully saturated rings. The Kier molecular flexibility index (Phi) is 4.81. The number of para-hydroxylation sites is 2. The first-order chi connectivity index (χ1) is 14.8. The maximum Gasteiger partial charge on any atom is 0.255 e. The summed E-state index contributed by atoms with van der Waals surface area (Å²) >= 11 is 0. The van der Waals surface area contributed by atoms with E-state index in [0.29, 0.717) is 17.9 Å². The van der Waals surface area contributed by atoms with Crippen molar-refractivity contribution < 1.29 is 14.3 Å². The van der Waals surface area contributed by atoms with Gasteiger partial charge in [-0.3, -0.25) is 4.79 Å². The van der Waals surface area contributed by atoms with Crippen molar-refractivity contribution in [3.8, 4) is 11.5 Å². The van der Waals surface area contributed by atoms with E-state index < -0.39 is 0 Å². The standard InChI is InChI=1S/C24H21N3O3/c28-24(26-20-12-14-29-21-9-3-1-7-18(20)21)19-8-2-4-10-22(19)30-16-17-15-27-13-6-5-11-23(27)25-17/h1-11,13,15,20H,12,14,16H2,(H,26,28). The summed E-state index contributed by atoms with van der Waals surface area (Å²) in [6, 6.07) is 20.8. The Hall–Kier alpha value is -3.80. The highest BCUT2D eigenvalue weighted by atomic mass is 16.5. The average Bonchev–Trinajstić information content (AvgIpc) is 3.21. The molecule has 2 aromatic carbocycles. The zero-order chi connectivity index (χ0) is 20.3. The Morgan fingerprint density at radius 2 is 1.93 bits per heavy atom. The smallest absolute Gasteiger partial charge is 0.255 e. The lowest BCUT2D eigenvalue weighted by Gasteiger charge is -2.26. The summed E-state index contributed by atoms with van der Waals surface area (Å²) in [6.45, 7) is 0.861. The minimum absolute atomic E-state index is 0.0889. The molecule has 150 valence electrons. The molecule has 1 amide bonds. The number of hydrogen-bond acceptors (Lipinski definition) is 4. The molecule has 0 bridgehead atoms. The third-order valence-electron chi connectivity index (χ3n) is 5.18. The second-order valence-electron chi connectivity index (χ2n) is 7.18. The summed E-state index contributed by atoms with van der Waals surface area (Å²) in [5.74, 6) is 1.19. The number of nitrogens with one attached hydrogen (secondary N) is 1. The molecule has 0 saturated heterocycles. The number of rotatable bonds is 5. The summed E-state index contributed by atoms with van der Waals surface area (Å²) in [5, 5.41) is 3.13. The lowest BCUT2D eigenvalue weighted by atomic mass is 10.00. The van der Waals surface area contributed by atoms with Gasteiger partial charge in [-0.25, -0.2) is 4.98 Å². The molecule has 1 atom stereocenters. The Labute approximate surface area is 174 Å². The molecule has 6 nitrogen and oxygen atoms in total. The van der Waals surface area contributed by atoms with Crippen molar-refractivity contribution in [1.82, 2.24) is 14.7 Å². The molecule has 1 aliphatic heterocycles.